The highest BCUT2D eigenvalue weighted by Gasteiger charge is 2.02. The molecular formula is C8H5NO2S. The van der Waals surface area contributed by atoms with Crippen LogP contribution in [0.15, 0.2) is 23.1 Å². The van der Waals surface area contributed by atoms with Crippen LogP contribution >= 0.6 is 12.0 Å². The fourth-order valence-corrected chi connectivity index (χ4v) is 1.18. The van der Waals surface area contributed by atoms with Gasteiger partial charge in [-0.1, -0.05) is 0 Å². The first-order valence-electron chi connectivity index (χ1n) is 3.12. The second-order valence-electron chi connectivity index (χ2n) is 2.07. The second kappa shape index (κ2) is 3.90. The molecule has 1 N–H and O–H groups in total. The summed E-state index contributed by atoms with van der Waals surface area (Å²) in [5.74, 6) is 0. The van der Waals surface area contributed by atoms with E-state index in [0.29, 0.717) is 34.4 Å². The summed E-state index contributed by atoms with van der Waals surface area (Å²) in [7, 11) is 0. The summed E-state index contributed by atoms with van der Waals surface area (Å²) in [5, 5.41) is 8.49. The van der Waals surface area contributed by atoms with E-state index < -0.39 is 0 Å². The van der Waals surface area contributed by atoms with E-state index in [1.807, 2.05) is 6.07 Å². The lowest BCUT2D eigenvalue weighted by Gasteiger charge is -1.98. The lowest BCUT2D eigenvalue weighted by Crippen LogP contribution is -1.85. The van der Waals surface area contributed by atoms with E-state index in [1.54, 1.807) is 0 Å². The van der Waals surface area contributed by atoms with Gasteiger partial charge < -0.3 is 4.55 Å². The molecule has 12 heavy (non-hydrogen) atoms. The van der Waals surface area contributed by atoms with E-state index in [4.69, 9.17) is 9.81 Å². The summed E-state index contributed by atoms with van der Waals surface area (Å²) in [6, 6.07) is 6.41. The molecule has 0 unspecified atom stereocenters. The number of benzene rings is 1. The van der Waals surface area contributed by atoms with E-state index in [2.05, 4.69) is 0 Å². The predicted octanol–water partition coefficient (Wildman–Crippen LogP) is 1.94. The lowest BCUT2D eigenvalue weighted by molar-refractivity contribution is 0.112. The Morgan fingerprint density at radius 3 is 2.83 bits per heavy atom. The highest BCUT2D eigenvalue weighted by atomic mass is 32.2. The zero-order valence-electron chi connectivity index (χ0n) is 6.02. The summed E-state index contributed by atoms with van der Waals surface area (Å²) >= 11 is 0.467. The quantitative estimate of drug-likeness (QED) is 0.556. The smallest absolute Gasteiger partial charge is 0.151 e. The van der Waals surface area contributed by atoms with Gasteiger partial charge in [0.05, 0.1) is 11.6 Å². The maximum atomic E-state index is 10.4. The van der Waals surface area contributed by atoms with Crippen molar-refractivity contribution in [2.75, 3.05) is 0 Å². The SMILES string of the molecule is N#Cc1ccc(C=O)c(SO)c1. The van der Waals surface area contributed by atoms with E-state index >= 15 is 0 Å². The Morgan fingerprint density at radius 2 is 2.33 bits per heavy atom. The van der Waals surface area contributed by atoms with Crippen molar-refractivity contribution in [3.8, 4) is 6.07 Å². The van der Waals surface area contributed by atoms with Crippen molar-refractivity contribution in [3.63, 3.8) is 0 Å². The number of carbonyl (C=O) groups is 1. The van der Waals surface area contributed by atoms with Crippen LogP contribution in [0.1, 0.15) is 15.9 Å². The molecule has 0 saturated heterocycles. The number of nitriles is 1. The fraction of sp³-hybridized carbons (Fsp3) is 0. The third kappa shape index (κ3) is 1.64. The Morgan fingerprint density at radius 1 is 1.58 bits per heavy atom. The van der Waals surface area contributed by atoms with Gasteiger partial charge in [0.15, 0.2) is 6.29 Å². The number of nitrogens with zero attached hydrogens (tertiary/aromatic N) is 1. The number of carbonyl (C=O) groups excluding carboxylic acids is 1. The van der Waals surface area contributed by atoms with Gasteiger partial charge >= 0.3 is 0 Å². The Hall–Kier alpha value is -1.31. The maximum absolute atomic E-state index is 10.4. The van der Waals surface area contributed by atoms with Crippen molar-refractivity contribution in [3.05, 3.63) is 29.3 Å². The number of hydrogen-bond acceptors (Lipinski definition) is 4. The molecular weight excluding hydrogens is 174 g/mol. The molecule has 0 aliphatic rings. The Bertz CT molecular complexity index is 343. The van der Waals surface area contributed by atoms with Crippen LogP contribution in [0.2, 0.25) is 0 Å². The van der Waals surface area contributed by atoms with Gasteiger partial charge in [-0.3, -0.25) is 4.79 Å². The number of aldehydes is 1. The normalized spacial score (nSPS) is 9.00. The van der Waals surface area contributed by atoms with Gasteiger partial charge in [-0.15, -0.1) is 0 Å². The third-order valence-electron chi connectivity index (χ3n) is 1.37. The average molecular weight is 179 g/mol. The molecule has 60 valence electrons. The largest absolute Gasteiger partial charge is 0.325 e. The van der Waals surface area contributed by atoms with Crippen molar-refractivity contribution >= 4 is 18.3 Å². The van der Waals surface area contributed by atoms with Gasteiger partial charge in [0, 0.05) is 22.5 Å². The van der Waals surface area contributed by atoms with Crippen LogP contribution in [0.3, 0.4) is 0 Å². The average Bonchev–Trinajstić information content (AvgIpc) is 2.16. The minimum Gasteiger partial charge on any atom is -0.325 e. The van der Waals surface area contributed by atoms with Crippen LogP contribution in [0.4, 0.5) is 0 Å². The van der Waals surface area contributed by atoms with Crippen molar-refractivity contribution in [1.29, 1.82) is 5.26 Å². The Labute approximate surface area is 73.8 Å². The van der Waals surface area contributed by atoms with Crippen molar-refractivity contribution in [2.45, 2.75) is 4.90 Å². The monoisotopic (exact) mass is 179 g/mol. The molecule has 0 bridgehead atoms. The predicted molar refractivity (Wildman–Crippen MR) is 45.0 cm³/mol. The van der Waals surface area contributed by atoms with Crippen LogP contribution in [0.5, 0.6) is 0 Å². The molecule has 4 heteroatoms. The highest BCUT2D eigenvalue weighted by molar-refractivity contribution is 7.93. The van der Waals surface area contributed by atoms with Crippen molar-refractivity contribution < 1.29 is 9.35 Å². The molecule has 1 aromatic carbocycles. The molecule has 0 spiro atoms. The van der Waals surface area contributed by atoms with E-state index in [1.165, 1.54) is 18.2 Å². The summed E-state index contributed by atoms with van der Waals surface area (Å²) in [5.41, 5.74) is 0.818. The molecule has 0 atom stereocenters. The standard InChI is InChI=1S/C8H5NO2S/c9-4-6-1-2-7(5-10)8(3-6)12-11/h1-3,5,11H. The molecule has 0 aromatic heterocycles. The lowest BCUT2D eigenvalue weighted by atomic mass is 10.2. The first-order chi connectivity index (χ1) is 5.81. The Balaban J connectivity index is 3.21. The molecule has 0 aliphatic heterocycles. The van der Waals surface area contributed by atoms with Crippen LogP contribution < -0.4 is 0 Å². The van der Waals surface area contributed by atoms with Crippen LogP contribution in [-0.2, 0) is 0 Å². The molecule has 3 nitrogen and oxygen atoms in total. The first kappa shape index (κ1) is 8.78. The fourth-order valence-electron chi connectivity index (χ4n) is 0.780. The summed E-state index contributed by atoms with van der Waals surface area (Å²) in [6.45, 7) is 0. The first-order valence-corrected chi connectivity index (χ1v) is 3.90. The minimum absolute atomic E-state index is 0.390. The molecule has 0 heterocycles. The number of rotatable bonds is 2. The van der Waals surface area contributed by atoms with Crippen LogP contribution in [-0.4, -0.2) is 10.8 Å². The zero-order valence-corrected chi connectivity index (χ0v) is 6.84. The van der Waals surface area contributed by atoms with E-state index in [-0.39, 0.29) is 0 Å². The van der Waals surface area contributed by atoms with Gasteiger partial charge in [0.2, 0.25) is 0 Å². The third-order valence-corrected chi connectivity index (χ3v) is 1.92. The van der Waals surface area contributed by atoms with Gasteiger partial charge in [0.25, 0.3) is 0 Å². The van der Waals surface area contributed by atoms with Crippen molar-refractivity contribution in [2.24, 2.45) is 0 Å². The molecule has 0 fully saturated rings. The van der Waals surface area contributed by atoms with E-state index in [9.17, 15) is 4.79 Å². The highest BCUT2D eigenvalue weighted by Crippen LogP contribution is 2.19. The molecule has 0 amide bonds. The van der Waals surface area contributed by atoms with Gasteiger partial charge in [-0.25, -0.2) is 0 Å². The Kier molecular flexibility index (Phi) is 2.86. The van der Waals surface area contributed by atoms with Gasteiger partial charge in [-0.2, -0.15) is 5.26 Å². The molecule has 0 radical (unpaired) electrons. The molecule has 0 aliphatic carbocycles. The number of hydrogen-bond donors (Lipinski definition) is 1. The zero-order chi connectivity index (χ0) is 8.97. The maximum Gasteiger partial charge on any atom is 0.151 e. The molecule has 0 saturated carbocycles. The summed E-state index contributed by atoms with van der Waals surface area (Å²) in [4.78, 5) is 10.8. The molecule has 1 rings (SSSR count). The van der Waals surface area contributed by atoms with E-state index in [0.717, 1.165) is 0 Å². The summed E-state index contributed by atoms with van der Waals surface area (Å²) < 4.78 is 8.72. The van der Waals surface area contributed by atoms with Crippen molar-refractivity contribution in [1.82, 2.24) is 0 Å². The van der Waals surface area contributed by atoms with Crippen LogP contribution in [0.25, 0.3) is 0 Å². The topological polar surface area (TPSA) is 61.1 Å². The molecule has 1 aromatic rings. The van der Waals surface area contributed by atoms with Crippen LogP contribution in [0, 0.1) is 11.3 Å². The van der Waals surface area contributed by atoms with Gasteiger partial charge in [-0.05, 0) is 18.2 Å². The minimum atomic E-state index is 0.390. The van der Waals surface area contributed by atoms with Gasteiger partial charge in [0.1, 0.15) is 0 Å². The second-order valence-corrected chi connectivity index (χ2v) is 2.70. The summed E-state index contributed by atoms with van der Waals surface area (Å²) in [6.07, 6.45) is 0.639.